The van der Waals surface area contributed by atoms with Gasteiger partial charge in [-0.05, 0) is 35.4 Å². The van der Waals surface area contributed by atoms with Crippen molar-refractivity contribution in [1.29, 1.82) is 0 Å². The minimum absolute atomic E-state index is 0.0783. The highest BCUT2D eigenvalue weighted by Crippen LogP contribution is 2.37. The molecule has 3 aromatic rings. The molecule has 0 saturated carbocycles. The van der Waals surface area contributed by atoms with Crippen molar-refractivity contribution >= 4 is 29.2 Å². The van der Waals surface area contributed by atoms with E-state index >= 15 is 0 Å². The SMILES string of the molecule is COc1cc(/C=C/C=NC(Cc2c[nH]c3ccccc23)C(=O)O)cc(OC)c1O. The van der Waals surface area contributed by atoms with Gasteiger partial charge >= 0.3 is 5.97 Å². The second kappa shape index (κ2) is 8.97. The zero-order valence-corrected chi connectivity index (χ0v) is 16.1. The van der Waals surface area contributed by atoms with Gasteiger partial charge in [-0.15, -0.1) is 0 Å². The minimum Gasteiger partial charge on any atom is -0.502 e. The minimum atomic E-state index is -0.993. The van der Waals surface area contributed by atoms with Gasteiger partial charge in [0, 0.05) is 29.7 Å². The van der Waals surface area contributed by atoms with Gasteiger partial charge in [-0.3, -0.25) is 4.99 Å². The van der Waals surface area contributed by atoms with Crippen LogP contribution in [0.5, 0.6) is 17.2 Å². The first-order valence-corrected chi connectivity index (χ1v) is 8.96. The lowest BCUT2D eigenvalue weighted by molar-refractivity contribution is -0.138. The number of aromatic amines is 1. The van der Waals surface area contributed by atoms with Gasteiger partial charge in [0.1, 0.15) is 0 Å². The third-order valence-corrected chi connectivity index (χ3v) is 4.52. The number of aliphatic carboxylic acids is 1. The van der Waals surface area contributed by atoms with Gasteiger partial charge in [0.2, 0.25) is 5.75 Å². The van der Waals surface area contributed by atoms with E-state index in [1.807, 2.05) is 30.5 Å². The Bertz CT molecular complexity index is 1040. The van der Waals surface area contributed by atoms with E-state index in [0.717, 1.165) is 16.5 Å². The van der Waals surface area contributed by atoms with Crippen molar-refractivity contribution in [2.24, 2.45) is 4.99 Å². The third kappa shape index (κ3) is 4.57. The molecule has 3 N–H and O–H groups in total. The molecular formula is C22H22N2O5. The number of carboxylic acids is 1. The molecular weight excluding hydrogens is 372 g/mol. The monoisotopic (exact) mass is 394 g/mol. The topological polar surface area (TPSA) is 104 Å². The maximum Gasteiger partial charge on any atom is 0.328 e. The number of carboxylic acid groups (broad SMARTS) is 1. The molecule has 29 heavy (non-hydrogen) atoms. The van der Waals surface area contributed by atoms with Crippen LogP contribution in [0, 0.1) is 0 Å². The second-order valence-corrected chi connectivity index (χ2v) is 6.35. The second-order valence-electron chi connectivity index (χ2n) is 6.35. The molecule has 1 unspecified atom stereocenters. The molecule has 0 aliphatic carbocycles. The van der Waals surface area contributed by atoms with Crippen molar-refractivity contribution in [3.63, 3.8) is 0 Å². The number of ether oxygens (including phenoxy) is 2. The van der Waals surface area contributed by atoms with Crippen LogP contribution in [0.25, 0.3) is 17.0 Å². The molecule has 2 aromatic carbocycles. The van der Waals surface area contributed by atoms with Crippen LogP contribution in [-0.2, 0) is 11.2 Å². The Hall–Kier alpha value is -3.74. The largest absolute Gasteiger partial charge is 0.502 e. The van der Waals surface area contributed by atoms with Crippen LogP contribution < -0.4 is 9.47 Å². The van der Waals surface area contributed by atoms with Crippen LogP contribution in [0.1, 0.15) is 11.1 Å². The van der Waals surface area contributed by atoms with Gasteiger partial charge in [-0.25, -0.2) is 4.79 Å². The molecule has 7 heteroatoms. The van der Waals surface area contributed by atoms with E-state index in [0.29, 0.717) is 5.56 Å². The molecule has 0 fully saturated rings. The lowest BCUT2D eigenvalue weighted by Gasteiger charge is -2.09. The number of carbonyl (C=O) groups is 1. The molecule has 7 nitrogen and oxygen atoms in total. The molecule has 0 aliphatic heterocycles. The van der Waals surface area contributed by atoms with E-state index in [2.05, 4.69) is 9.98 Å². The maximum absolute atomic E-state index is 11.6. The first-order chi connectivity index (χ1) is 14.0. The molecule has 1 aromatic heterocycles. The summed E-state index contributed by atoms with van der Waals surface area (Å²) in [6.45, 7) is 0. The Kier molecular flexibility index (Phi) is 6.19. The summed E-state index contributed by atoms with van der Waals surface area (Å²) in [6, 6.07) is 10.1. The highest BCUT2D eigenvalue weighted by Gasteiger charge is 2.17. The standard InChI is InChI=1S/C22H22N2O5/c1-28-19-10-14(11-20(29-2)21(19)25)6-5-9-23-18(22(26)27)12-15-13-24-17-8-4-3-7-16(15)17/h3-11,13,18,24-25H,12H2,1-2H3,(H,26,27)/b6-5+,23-9?. The number of methoxy groups -OCH3 is 2. The number of para-hydroxylation sites is 1. The summed E-state index contributed by atoms with van der Waals surface area (Å²) < 4.78 is 10.2. The van der Waals surface area contributed by atoms with Crippen LogP contribution in [0.15, 0.2) is 53.7 Å². The Morgan fingerprint density at radius 3 is 2.55 bits per heavy atom. The maximum atomic E-state index is 11.6. The number of aromatic hydroxyl groups is 1. The number of rotatable bonds is 8. The van der Waals surface area contributed by atoms with Crippen molar-refractivity contribution in [2.75, 3.05) is 14.2 Å². The van der Waals surface area contributed by atoms with Gasteiger partial charge in [0.05, 0.1) is 14.2 Å². The van der Waals surface area contributed by atoms with E-state index < -0.39 is 12.0 Å². The average molecular weight is 394 g/mol. The van der Waals surface area contributed by atoms with Crippen LogP contribution in [0.2, 0.25) is 0 Å². The summed E-state index contributed by atoms with van der Waals surface area (Å²) in [5.74, 6) is -0.509. The smallest absolute Gasteiger partial charge is 0.328 e. The fourth-order valence-corrected chi connectivity index (χ4v) is 3.03. The van der Waals surface area contributed by atoms with Crippen LogP contribution >= 0.6 is 0 Å². The Balaban J connectivity index is 1.75. The van der Waals surface area contributed by atoms with E-state index in [1.54, 1.807) is 24.3 Å². The predicted octanol–water partition coefficient (Wildman–Crippen LogP) is 3.67. The number of nitrogens with one attached hydrogen (secondary N) is 1. The molecule has 3 rings (SSSR count). The molecule has 0 radical (unpaired) electrons. The number of aromatic nitrogens is 1. The predicted molar refractivity (Wildman–Crippen MR) is 112 cm³/mol. The van der Waals surface area contributed by atoms with E-state index in [9.17, 15) is 15.0 Å². The molecule has 150 valence electrons. The van der Waals surface area contributed by atoms with Gasteiger partial charge in [0.25, 0.3) is 0 Å². The van der Waals surface area contributed by atoms with Crippen molar-refractivity contribution in [2.45, 2.75) is 12.5 Å². The normalized spacial score (nSPS) is 12.6. The number of fused-ring (bicyclic) bond motifs is 1. The lowest BCUT2D eigenvalue weighted by atomic mass is 10.1. The number of aliphatic imine (C=N–C) groups is 1. The number of H-pyrrole nitrogens is 1. The molecule has 1 atom stereocenters. The summed E-state index contributed by atoms with van der Waals surface area (Å²) >= 11 is 0. The summed E-state index contributed by atoms with van der Waals surface area (Å²) in [5.41, 5.74) is 2.58. The third-order valence-electron chi connectivity index (χ3n) is 4.52. The van der Waals surface area contributed by atoms with Gasteiger partial charge in [-0.2, -0.15) is 0 Å². The fraction of sp³-hybridized carbons (Fsp3) is 0.182. The van der Waals surface area contributed by atoms with E-state index in [-0.39, 0.29) is 23.7 Å². The number of allylic oxidation sites excluding steroid dienone is 1. The number of phenols is 1. The Morgan fingerprint density at radius 2 is 1.90 bits per heavy atom. The van der Waals surface area contributed by atoms with Crippen molar-refractivity contribution in [1.82, 2.24) is 4.98 Å². The summed E-state index contributed by atoms with van der Waals surface area (Å²) in [6.07, 6.45) is 6.92. The fourth-order valence-electron chi connectivity index (χ4n) is 3.03. The zero-order chi connectivity index (χ0) is 20.8. The molecule has 0 amide bonds. The van der Waals surface area contributed by atoms with Gasteiger partial charge < -0.3 is 24.7 Å². The number of phenolic OH excluding ortho intramolecular Hbond substituents is 1. The van der Waals surface area contributed by atoms with Crippen LogP contribution in [0.3, 0.4) is 0 Å². The lowest BCUT2D eigenvalue weighted by Crippen LogP contribution is -2.20. The summed E-state index contributed by atoms with van der Waals surface area (Å²) in [7, 11) is 2.90. The van der Waals surface area contributed by atoms with Crippen molar-refractivity contribution in [3.8, 4) is 17.2 Å². The summed E-state index contributed by atoms with van der Waals surface area (Å²) in [5, 5.41) is 20.5. The number of benzene rings is 2. The molecule has 0 aliphatic rings. The summed E-state index contributed by atoms with van der Waals surface area (Å²) in [4.78, 5) is 19.0. The highest BCUT2D eigenvalue weighted by atomic mass is 16.5. The van der Waals surface area contributed by atoms with Crippen LogP contribution in [0.4, 0.5) is 0 Å². The number of hydrogen-bond donors (Lipinski definition) is 3. The molecule has 0 spiro atoms. The van der Waals surface area contributed by atoms with Crippen molar-refractivity contribution < 1.29 is 24.5 Å². The first kappa shape index (κ1) is 20.0. The van der Waals surface area contributed by atoms with Gasteiger partial charge in [0.15, 0.2) is 17.5 Å². The van der Waals surface area contributed by atoms with Crippen molar-refractivity contribution in [3.05, 3.63) is 59.8 Å². The first-order valence-electron chi connectivity index (χ1n) is 8.96. The Labute approximate surface area is 167 Å². The zero-order valence-electron chi connectivity index (χ0n) is 16.1. The molecule has 0 bridgehead atoms. The van der Waals surface area contributed by atoms with Gasteiger partial charge in [-0.1, -0.05) is 24.3 Å². The molecule has 0 saturated heterocycles. The van der Waals surface area contributed by atoms with E-state index in [4.69, 9.17) is 9.47 Å². The quantitative estimate of drug-likeness (QED) is 0.506. The number of hydrogen-bond acceptors (Lipinski definition) is 5. The average Bonchev–Trinajstić information content (AvgIpc) is 3.13. The molecule has 1 heterocycles. The highest BCUT2D eigenvalue weighted by molar-refractivity contribution is 5.86. The van der Waals surface area contributed by atoms with E-state index in [1.165, 1.54) is 20.4 Å². The number of nitrogens with zero attached hydrogens (tertiary/aromatic N) is 1. The Morgan fingerprint density at radius 1 is 1.21 bits per heavy atom. The van der Waals surface area contributed by atoms with Crippen LogP contribution in [-0.4, -0.2) is 47.6 Å².